The van der Waals surface area contributed by atoms with Gasteiger partial charge in [-0.05, 0) is 37.3 Å². The SMILES string of the molecule is C=CC(=O)N1C[C@@H](n2nc(C#Cc3cc4ncn(C5CC5)c4c(F)c3F)c(C(N)=O)c2NC)C[C@@H]1COC.S. The summed E-state index contributed by atoms with van der Waals surface area (Å²) in [6.07, 6.45) is 5.03. The summed E-state index contributed by atoms with van der Waals surface area (Å²) < 4.78 is 38.4. The number of fused-ring (bicyclic) bond motifs is 1. The Morgan fingerprint density at radius 1 is 1.28 bits per heavy atom. The summed E-state index contributed by atoms with van der Waals surface area (Å²) in [5, 5.41) is 7.44. The molecule has 3 N–H and O–H groups in total. The molecule has 1 aromatic carbocycles. The van der Waals surface area contributed by atoms with E-state index in [0.717, 1.165) is 12.8 Å². The molecule has 1 saturated carbocycles. The van der Waals surface area contributed by atoms with Gasteiger partial charge in [0.25, 0.3) is 5.91 Å². The predicted molar refractivity (Wildman–Crippen MR) is 146 cm³/mol. The van der Waals surface area contributed by atoms with E-state index >= 15 is 0 Å². The van der Waals surface area contributed by atoms with Gasteiger partial charge in [-0.25, -0.2) is 18.4 Å². The molecule has 1 aliphatic carbocycles. The Labute approximate surface area is 230 Å². The van der Waals surface area contributed by atoms with E-state index in [2.05, 4.69) is 33.8 Å². The van der Waals surface area contributed by atoms with Gasteiger partial charge in [0.15, 0.2) is 17.3 Å². The molecule has 0 spiro atoms. The molecule has 2 atom stereocenters. The zero-order valence-corrected chi connectivity index (χ0v) is 22.5. The number of hydrogen-bond acceptors (Lipinski definition) is 6. The van der Waals surface area contributed by atoms with E-state index in [1.165, 1.54) is 18.5 Å². The summed E-state index contributed by atoms with van der Waals surface area (Å²) in [5.74, 6) is 2.46. The van der Waals surface area contributed by atoms with E-state index in [4.69, 9.17) is 10.5 Å². The summed E-state index contributed by atoms with van der Waals surface area (Å²) in [6, 6.07) is 0.955. The van der Waals surface area contributed by atoms with Crippen LogP contribution in [0, 0.1) is 23.5 Å². The predicted octanol–water partition coefficient (Wildman–Crippen LogP) is 2.47. The fraction of sp³-hybridized carbons (Fsp3) is 0.385. The number of carbonyl (C=O) groups is 2. The van der Waals surface area contributed by atoms with E-state index in [1.54, 1.807) is 28.3 Å². The van der Waals surface area contributed by atoms with Gasteiger partial charge >= 0.3 is 0 Å². The highest BCUT2D eigenvalue weighted by molar-refractivity contribution is 7.59. The molecule has 2 aromatic heterocycles. The maximum atomic E-state index is 15.0. The van der Waals surface area contributed by atoms with Crippen LogP contribution in [0.2, 0.25) is 0 Å². The number of rotatable bonds is 7. The number of carbonyl (C=O) groups excluding carboxylic acids is 2. The summed E-state index contributed by atoms with van der Waals surface area (Å²) in [6.45, 7) is 4.16. The van der Waals surface area contributed by atoms with E-state index in [0.29, 0.717) is 30.9 Å². The third-order valence-electron chi connectivity index (χ3n) is 6.94. The van der Waals surface area contributed by atoms with Crippen LogP contribution in [0.25, 0.3) is 11.0 Å². The van der Waals surface area contributed by atoms with Crippen LogP contribution in [0.1, 0.15) is 53.0 Å². The quantitative estimate of drug-likeness (QED) is 0.340. The first-order valence-corrected chi connectivity index (χ1v) is 12.2. The first-order chi connectivity index (χ1) is 18.3. The normalized spacial score (nSPS) is 18.4. The Balaban J connectivity index is 0.00000353. The average molecular weight is 558 g/mol. The number of benzene rings is 1. The van der Waals surface area contributed by atoms with Crippen LogP contribution in [-0.2, 0) is 9.53 Å². The Hall–Kier alpha value is -3.89. The van der Waals surface area contributed by atoms with Crippen molar-refractivity contribution in [2.75, 3.05) is 32.6 Å². The van der Waals surface area contributed by atoms with Crippen LogP contribution in [-0.4, -0.2) is 69.4 Å². The summed E-state index contributed by atoms with van der Waals surface area (Å²) >= 11 is 0. The maximum Gasteiger partial charge on any atom is 0.255 e. The summed E-state index contributed by atoms with van der Waals surface area (Å²) in [5.41, 5.74) is 5.87. The van der Waals surface area contributed by atoms with E-state index in [1.807, 2.05) is 0 Å². The number of halogens is 2. The van der Waals surface area contributed by atoms with Crippen LogP contribution >= 0.6 is 13.5 Å². The van der Waals surface area contributed by atoms with Gasteiger partial charge in [0.05, 0.1) is 36.1 Å². The zero-order chi connectivity index (χ0) is 27.1. The van der Waals surface area contributed by atoms with Crippen molar-refractivity contribution in [1.29, 1.82) is 0 Å². The fourth-order valence-electron chi connectivity index (χ4n) is 5.04. The van der Waals surface area contributed by atoms with Crippen LogP contribution < -0.4 is 11.1 Å². The molecule has 3 aromatic rings. The van der Waals surface area contributed by atoms with Crippen molar-refractivity contribution in [3.63, 3.8) is 0 Å². The van der Waals surface area contributed by atoms with Crippen molar-refractivity contribution in [3.05, 3.63) is 53.5 Å². The molecule has 10 nitrogen and oxygen atoms in total. The highest BCUT2D eigenvalue weighted by atomic mass is 32.1. The number of anilines is 1. The van der Waals surface area contributed by atoms with Crippen LogP contribution in [0.5, 0.6) is 0 Å². The van der Waals surface area contributed by atoms with E-state index in [-0.39, 0.29) is 59.9 Å². The second kappa shape index (κ2) is 11.1. The van der Waals surface area contributed by atoms with E-state index in [9.17, 15) is 18.4 Å². The molecule has 2 fully saturated rings. The van der Waals surface area contributed by atoms with E-state index < -0.39 is 17.5 Å². The van der Waals surface area contributed by atoms with Crippen LogP contribution in [0.15, 0.2) is 25.0 Å². The molecule has 3 heterocycles. The van der Waals surface area contributed by atoms with Crippen molar-refractivity contribution >= 4 is 42.2 Å². The number of likely N-dealkylation sites (tertiary alicyclic amines) is 1. The topological polar surface area (TPSA) is 120 Å². The highest BCUT2D eigenvalue weighted by Crippen LogP contribution is 2.38. The Morgan fingerprint density at radius 2 is 2.03 bits per heavy atom. The second-order valence-electron chi connectivity index (χ2n) is 9.38. The van der Waals surface area contributed by atoms with Crippen molar-refractivity contribution in [1.82, 2.24) is 24.2 Å². The Kier molecular flexibility index (Phi) is 7.99. The van der Waals surface area contributed by atoms with Gasteiger partial charge in [-0.15, -0.1) is 0 Å². The van der Waals surface area contributed by atoms with Gasteiger partial charge in [-0.2, -0.15) is 18.6 Å². The van der Waals surface area contributed by atoms with Crippen molar-refractivity contribution in [2.24, 2.45) is 5.73 Å². The van der Waals surface area contributed by atoms with Crippen molar-refractivity contribution in [2.45, 2.75) is 37.4 Å². The molecule has 13 heteroatoms. The number of primary amides is 1. The Morgan fingerprint density at radius 3 is 2.64 bits per heavy atom. The lowest BCUT2D eigenvalue weighted by Gasteiger charge is -2.22. The number of ether oxygens (including phenoxy) is 1. The van der Waals surface area contributed by atoms with Crippen LogP contribution in [0.4, 0.5) is 14.6 Å². The van der Waals surface area contributed by atoms with Crippen molar-refractivity contribution < 1.29 is 23.1 Å². The number of amides is 2. The zero-order valence-electron chi connectivity index (χ0n) is 21.5. The van der Waals surface area contributed by atoms with Crippen molar-refractivity contribution in [3.8, 4) is 11.8 Å². The lowest BCUT2D eigenvalue weighted by Crippen LogP contribution is -2.37. The highest BCUT2D eigenvalue weighted by Gasteiger charge is 2.38. The third kappa shape index (κ3) is 4.97. The number of nitrogens with one attached hydrogen (secondary N) is 1. The molecule has 1 saturated heterocycles. The summed E-state index contributed by atoms with van der Waals surface area (Å²) in [7, 11) is 3.15. The van der Waals surface area contributed by atoms with Gasteiger partial charge in [0.1, 0.15) is 16.9 Å². The molecule has 0 unspecified atom stereocenters. The molecule has 5 rings (SSSR count). The lowest BCUT2D eigenvalue weighted by molar-refractivity contribution is -0.127. The van der Waals surface area contributed by atoms with Gasteiger partial charge in [-0.1, -0.05) is 12.5 Å². The number of imidazole rings is 1. The van der Waals surface area contributed by atoms with Gasteiger partial charge < -0.3 is 25.3 Å². The van der Waals surface area contributed by atoms with Gasteiger partial charge in [0, 0.05) is 26.7 Å². The maximum absolute atomic E-state index is 15.0. The van der Waals surface area contributed by atoms with Crippen LogP contribution in [0.3, 0.4) is 0 Å². The second-order valence-corrected chi connectivity index (χ2v) is 9.38. The first kappa shape index (κ1) is 28.1. The molecule has 2 amide bonds. The lowest BCUT2D eigenvalue weighted by atomic mass is 10.1. The molecule has 206 valence electrons. The molecule has 1 aliphatic heterocycles. The molecule has 2 aliphatic rings. The number of methoxy groups -OCH3 is 1. The number of aromatic nitrogens is 4. The number of nitrogens with zero attached hydrogens (tertiary/aromatic N) is 5. The molecule has 39 heavy (non-hydrogen) atoms. The minimum atomic E-state index is -1.10. The first-order valence-electron chi connectivity index (χ1n) is 12.2. The number of nitrogens with two attached hydrogens (primary N) is 1. The molecule has 0 bridgehead atoms. The van der Waals surface area contributed by atoms with Gasteiger partial charge in [-0.3, -0.25) is 9.59 Å². The average Bonchev–Trinajstić information content (AvgIpc) is 3.34. The fourth-order valence-corrected chi connectivity index (χ4v) is 5.04. The number of hydrogen-bond donors (Lipinski definition) is 2. The summed E-state index contributed by atoms with van der Waals surface area (Å²) in [4.78, 5) is 30.7. The third-order valence-corrected chi connectivity index (χ3v) is 6.94. The largest absolute Gasteiger partial charge is 0.383 e. The minimum absolute atomic E-state index is 0. The monoisotopic (exact) mass is 557 g/mol. The smallest absolute Gasteiger partial charge is 0.255 e. The Bertz CT molecular complexity index is 1520. The van der Waals surface area contributed by atoms with Gasteiger partial charge in [0.2, 0.25) is 5.91 Å². The standard InChI is InChI=1S/C26H27F2N7O3.H2S/c1-4-20(36)33-11-16(10-17(33)12-38-3)35-26(30-2)21(25(29)37)18(32-35)8-5-14-9-19-24(23(28)22(14)27)34(13-31-19)15-6-7-15;/h4,9,13,15-17,30H,1,6-7,10-12H2,2-3H3,(H2,29,37);1H2/t16-,17+;/m0./s1. The molecule has 0 radical (unpaired) electrons. The minimum Gasteiger partial charge on any atom is -0.383 e. The molecular formula is C26H29F2N7O3S. The molecular weight excluding hydrogens is 528 g/mol.